The highest BCUT2D eigenvalue weighted by Crippen LogP contribution is 2.44. The van der Waals surface area contributed by atoms with Crippen LogP contribution in [0.5, 0.6) is 0 Å². The molecule has 0 saturated carbocycles. The highest BCUT2D eigenvalue weighted by atomic mass is 16.4. The first-order valence-electron chi connectivity index (χ1n) is 11.6. The van der Waals surface area contributed by atoms with Crippen molar-refractivity contribution >= 4 is 23.1 Å². The van der Waals surface area contributed by atoms with Gasteiger partial charge in [-0.25, -0.2) is 0 Å². The third kappa shape index (κ3) is 4.82. The van der Waals surface area contributed by atoms with Crippen LogP contribution in [0.1, 0.15) is 68.7 Å². The predicted molar refractivity (Wildman–Crippen MR) is 135 cm³/mol. The van der Waals surface area contributed by atoms with Crippen LogP contribution in [0.3, 0.4) is 0 Å². The van der Waals surface area contributed by atoms with E-state index in [1.807, 2.05) is 7.05 Å². The van der Waals surface area contributed by atoms with E-state index >= 15 is 0 Å². The molecule has 5 heteroatoms. The van der Waals surface area contributed by atoms with E-state index in [1.54, 1.807) is 0 Å². The number of benzene rings is 2. The number of aliphatic carboxylic acids is 1. The van der Waals surface area contributed by atoms with E-state index in [2.05, 4.69) is 81.1 Å². The fourth-order valence-electron chi connectivity index (χ4n) is 4.43. The van der Waals surface area contributed by atoms with Crippen molar-refractivity contribution in [1.29, 1.82) is 0 Å². The Morgan fingerprint density at radius 2 is 1.56 bits per heavy atom. The Bertz CT molecular complexity index is 1010. The predicted octanol–water partition coefficient (Wildman–Crippen LogP) is 5.33. The molecule has 0 aromatic heterocycles. The standard InChI is InChI=1S/C27H37N3O2/c1-7-8-15-28-26-21-13-11-19(29(4)5)17-23(21)27(2,3)24-18-20(12-14-22(24)26)30(6)16-9-10-25(31)32/h11-14,17-18H,7-10,15-16H2,1-6H3,(H,31,32). The molecule has 2 aromatic rings. The number of carbonyl (C=O) groups is 1. The van der Waals surface area contributed by atoms with Gasteiger partial charge >= 0.3 is 5.97 Å². The highest BCUT2D eigenvalue weighted by Gasteiger charge is 2.36. The average Bonchev–Trinajstić information content (AvgIpc) is 2.75. The van der Waals surface area contributed by atoms with Gasteiger partial charge in [0.2, 0.25) is 0 Å². The maximum atomic E-state index is 10.9. The molecule has 32 heavy (non-hydrogen) atoms. The maximum absolute atomic E-state index is 10.9. The summed E-state index contributed by atoms with van der Waals surface area (Å²) in [5.41, 5.74) is 8.24. The molecule has 0 aliphatic heterocycles. The monoisotopic (exact) mass is 435 g/mol. The summed E-state index contributed by atoms with van der Waals surface area (Å²) in [4.78, 5) is 20.3. The third-order valence-corrected chi connectivity index (χ3v) is 6.49. The van der Waals surface area contributed by atoms with E-state index in [-0.39, 0.29) is 11.8 Å². The van der Waals surface area contributed by atoms with Gasteiger partial charge in [0, 0.05) is 68.6 Å². The lowest BCUT2D eigenvalue weighted by molar-refractivity contribution is -0.137. The third-order valence-electron chi connectivity index (χ3n) is 6.49. The van der Waals surface area contributed by atoms with Crippen LogP contribution in [0.2, 0.25) is 0 Å². The van der Waals surface area contributed by atoms with Crippen molar-refractivity contribution in [2.45, 2.75) is 51.9 Å². The first-order valence-corrected chi connectivity index (χ1v) is 11.6. The number of aliphatic imine (C=N–C) groups is 1. The molecule has 1 aliphatic carbocycles. The Labute approximate surface area is 192 Å². The minimum Gasteiger partial charge on any atom is -0.481 e. The lowest BCUT2D eigenvalue weighted by atomic mass is 9.68. The van der Waals surface area contributed by atoms with Crippen molar-refractivity contribution in [1.82, 2.24) is 0 Å². The van der Waals surface area contributed by atoms with Gasteiger partial charge in [0.05, 0.1) is 5.71 Å². The fourth-order valence-corrected chi connectivity index (χ4v) is 4.43. The van der Waals surface area contributed by atoms with Gasteiger partial charge in [-0.15, -0.1) is 0 Å². The summed E-state index contributed by atoms with van der Waals surface area (Å²) in [6, 6.07) is 13.3. The number of anilines is 2. The van der Waals surface area contributed by atoms with E-state index in [9.17, 15) is 4.79 Å². The van der Waals surface area contributed by atoms with Crippen LogP contribution in [-0.4, -0.2) is 51.0 Å². The Kier molecular flexibility index (Phi) is 7.27. The highest BCUT2D eigenvalue weighted by molar-refractivity contribution is 6.17. The van der Waals surface area contributed by atoms with Crippen LogP contribution in [0, 0.1) is 0 Å². The van der Waals surface area contributed by atoms with Crippen LogP contribution < -0.4 is 9.80 Å². The lowest BCUT2D eigenvalue weighted by Gasteiger charge is -2.37. The molecule has 172 valence electrons. The number of unbranched alkanes of at least 4 members (excludes halogenated alkanes) is 1. The van der Waals surface area contributed by atoms with E-state index in [1.165, 1.54) is 27.9 Å². The van der Waals surface area contributed by atoms with Crippen molar-refractivity contribution in [3.63, 3.8) is 0 Å². The molecule has 0 unspecified atom stereocenters. The van der Waals surface area contributed by atoms with Gasteiger partial charge in [-0.3, -0.25) is 9.79 Å². The molecule has 0 bridgehead atoms. The van der Waals surface area contributed by atoms with E-state index in [0.717, 1.165) is 30.8 Å². The number of rotatable bonds is 9. The summed E-state index contributed by atoms with van der Waals surface area (Å²) >= 11 is 0. The number of carboxylic acid groups (broad SMARTS) is 1. The van der Waals surface area contributed by atoms with Crippen molar-refractivity contribution in [3.8, 4) is 0 Å². The second kappa shape index (κ2) is 9.76. The van der Waals surface area contributed by atoms with E-state index in [0.29, 0.717) is 13.0 Å². The number of fused-ring (bicyclic) bond motifs is 2. The topological polar surface area (TPSA) is 56.1 Å². The van der Waals surface area contributed by atoms with Gasteiger partial charge in [0.25, 0.3) is 0 Å². The molecule has 0 spiro atoms. The fraction of sp³-hybridized carbons (Fsp3) is 0.481. The number of hydrogen-bond acceptors (Lipinski definition) is 4. The summed E-state index contributed by atoms with van der Waals surface area (Å²) in [5, 5.41) is 8.96. The zero-order valence-electron chi connectivity index (χ0n) is 20.4. The van der Waals surface area contributed by atoms with Crippen molar-refractivity contribution in [2.75, 3.05) is 44.0 Å². The minimum absolute atomic E-state index is 0.168. The molecule has 0 radical (unpaired) electrons. The summed E-state index contributed by atoms with van der Waals surface area (Å²) in [5.74, 6) is -0.744. The Hall–Kier alpha value is -2.82. The van der Waals surface area contributed by atoms with E-state index < -0.39 is 5.97 Å². The van der Waals surface area contributed by atoms with Crippen LogP contribution in [0.4, 0.5) is 11.4 Å². The Morgan fingerprint density at radius 1 is 0.969 bits per heavy atom. The number of nitrogens with zero attached hydrogens (tertiary/aromatic N) is 3. The summed E-state index contributed by atoms with van der Waals surface area (Å²) in [6.45, 7) is 8.33. The Balaban J connectivity index is 2.08. The van der Waals surface area contributed by atoms with Crippen LogP contribution in [0.15, 0.2) is 41.4 Å². The van der Waals surface area contributed by atoms with Gasteiger partial charge in [0.15, 0.2) is 0 Å². The number of carboxylic acids is 1. The van der Waals surface area contributed by atoms with Crippen LogP contribution in [0.25, 0.3) is 0 Å². The molecule has 5 nitrogen and oxygen atoms in total. The Morgan fingerprint density at radius 3 is 2.12 bits per heavy atom. The normalized spacial score (nSPS) is 15.2. The zero-order chi connectivity index (χ0) is 23.5. The molecule has 1 N–H and O–H groups in total. The second-order valence-corrected chi connectivity index (χ2v) is 9.48. The molecular formula is C27H37N3O2. The zero-order valence-corrected chi connectivity index (χ0v) is 20.4. The van der Waals surface area contributed by atoms with Gasteiger partial charge < -0.3 is 14.9 Å². The van der Waals surface area contributed by atoms with Gasteiger partial charge in [-0.2, -0.15) is 0 Å². The van der Waals surface area contributed by atoms with Gasteiger partial charge in [-0.1, -0.05) is 39.3 Å². The minimum atomic E-state index is -0.744. The second-order valence-electron chi connectivity index (χ2n) is 9.48. The SMILES string of the molecule is CCCCN=C1c2ccc(N(C)C)cc2C(C)(C)c2cc(N(C)CCCC(=O)O)ccc21. The van der Waals surface area contributed by atoms with Crippen molar-refractivity contribution < 1.29 is 9.90 Å². The smallest absolute Gasteiger partial charge is 0.303 e. The molecule has 3 rings (SSSR count). The largest absolute Gasteiger partial charge is 0.481 e. The quantitative estimate of drug-likeness (QED) is 0.541. The molecule has 0 fully saturated rings. The average molecular weight is 436 g/mol. The molecule has 0 atom stereocenters. The molecular weight excluding hydrogens is 398 g/mol. The molecule has 0 heterocycles. The van der Waals surface area contributed by atoms with Crippen LogP contribution >= 0.6 is 0 Å². The first kappa shape index (κ1) is 23.8. The molecule has 0 amide bonds. The molecule has 0 saturated heterocycles. The van der Waals surface area contributed by atoms with Gasteiger partial charge in [0.1, 0.15) is 0 Å². The maximum Gasteiger partial charge on any atom is 0.303 e. The van der Waals surface area contributed by atoms with Crippen molar-refractivity contribution in [3.05, 3.63) is 58.7 Å². The number of hydrogen-bond donors (Lipinski definition) is 1. The van der Waals surface area contributed by atoms with E-state index in [4.69, 9.17) is 10.1 Å². The lowest BCUT2D eigenvalue weighted by Crippen LogP contribution is -2.32. The molecule has 1 aliphatic rings. The summed E-state index contributed by atoms with van der Waals surface area (Å²) in [6.07, 6.45) is 3.03. The van der Waals surface area contributed by atoms with Crippen molar-refractivity contribution in [2.24, 2.45) is 4.99 Å². The summed E-state index contributed by atoms with van der Waals surface area (Å²) < 4.78 is 0. The summed E-state index contributed by atoms with van der Waals surface area (Å²) in [7, 11) is 6.19. The van der Waals surface area contributed by atoms with Crippen LogP contribution in [-0.2, 0) is 10.2 Å². The van der Waals surface area contributed by atoms with Gasteiger partial charge in [-0.05, 0) is 48.2 Å². The first-order chi connectivity index (χ1) is 15.2. The molecule has 2 aromatic carbocycles.